The third-order valence-electron chi connectivity index (χ3n) is 7.49. The predicted molar refractivity (Wildman–Crippen MR) is 162 cm³/mol. The molecule has 0 saturated carbocycles. The van der Waals surface area contributed by atoms with Gasteiger partial charge in [-0.25, -0.2) is 9.97 Å². The van der Waals surface area contributed by atoms with Gasteiger partial charge in [0, 0.05) is 39.9 Å². The molecule has 1 atom stereocenters. The molecule has 0 saturated heterocycles. The number of pyridine rings is 1. The summed E-state index contributed by atoms with van der Waals surface area (Å²) >= 11 is 3.50. The van der Waals surface area contributed by atoms with Gasteiger partial charge in [0.1, 0.15) is 5.69 Å². The van der Waals surface area contributed by atoms with Gasteiger partial charge in [-0.1, -0.05) is 35.8 Å². The molecule has 210 valence electrons. The van der Waals surface area contributed by atoms with Gasteiger partial charge in [0.05, 0.1) is 17.9 Å². The zero-order chi connectivity index (χ0) is 29.4. The first kappa shape index (κ1) is 28.4. The Hall–Kier alpha value is -4.11. The molecule has 8 nitrogen and oxygen atoms in total. The van der Waals surface area contributed by atoms with E-state index in [0.29, 0.717) is 46.0 Å². The summed E-state index contributed by atoms with van der Waals surface area (Å²) in [7, 11) is 1.58. The maximum atomic E-state index is 14.2. The van der Waals surface area contributed by atoms with Gasteiger partial charge in [0.15, 0.2) is 5.82 Å². The second-order valence-corrected chi connectivity index (χ2v) is 11.5. The maximum absolute atomic E-state index is 14.2. The number of carbonyl (C=O) groups excluding carboxylic acids is 2. The average molecular weight is 615 g/mol. The number of halogens is 1. The molecule has 0 radical (unpaired) electrons. The van der Waals surface area contributed by atoms with Gasteiger partial charge in [-0.15, -0.1) is 0 Å². The van der Waals surface area contributed by atoms with E-state index in [9.17, 15) is 14.4 Å². The van der Waals surface area contributed by atoms with Crippen molar-refractivity contribution >= 4 is 27.7 Å². The molecule has 1 N–H and O–H groups in total. The molecule has 2 aromatic heterocycles. The summed E-state index contributed by atoms with van der Waals surface area (Å²) in [5.74, 6) is 0.267. The van der Waals surface area contributed by atoms with Crippen molar-refractivity contribution in [3.63, 3.8) is 0 Å². The van der Waals surface area contributed by atoms with Crippen molar-refractivity contribution in [2.24, 2.45) is 0 Å². The van der Waals surface area contributed by atoms with Crippen LogP contribution in [-0.2, 0) is 13.0 Å². The Kier molecular flexibility index (Phi) is 7.91. The molecule has 4 aromatic rings. The summed E-state index contributed by atoms with van der Waals surface area (Å²) in [6.07, 6.45) is 0.373. The largest absolute Gasteiger partial charge is 0.355 e. The molecular weight excluding hydrogens is 582 g/mol. The SMILES string of the molecule is CNC(=O)c1ccc(-n2c(-c3cccc(C(C)C)n3)nc3c(c2=O)C[C@H](C)N(C(=O)c2ccc(Br)c(C)c2)C3)cc1. The van der Waals surface area contributed by atoms with E-state index >= 15 is 0 Å². The van der Waals surface area contributed by atoms with E-state index in [2.05, 4.69) is 35.1 Å². The van der Waals surface area contributed by atoms with E-state index in [1.165, 1.54) is 0 Å². The van der Waals surface area contributed by atoms with Crippen LogP contribution in [0.25, 0.3) is 17.2 Å². The number of hydrogen-bond acceptors (Lipinski definition) is 5. The monoisotopic (exact) mass is 613 g/mol. The highest BCUT2D eigenvalue weighted by Gasteiger charge is 2.32. The normalized spacial score (nSPS) is 14.6. The van der Waals surface area contributed by atoms with E-state index in [1.54, 1.807) is 40.8 Å². The van der Waals surface area contributed by atoms with Gasteiger partial charge in [-0.05, 0) is 86.3 Å². The van der Waals surface area contributed by atoms with Crippen molar-refractivity contribution in [2.75, 3.05) is 7.05 Å². The van der Waals surface area contributed by atoms with E-state index in [-0.39, 0.29) is 35.9 Å². The summed E-state index contributed by atoms with van der Waals surface area (Å²) in [5.41, 5.74) is 5.03. The lowest BCUT2D eigenvalue weighted by atomic mass is 9.98. The summed E-state index contributed by atoms with van der Waals surface area (Å²) in [6, 6.07) is 17.9. The average Bonchev–Trinajstić information content (AvgIpc) is 2.98. The molecule has 1 aliphatic rings. The lowest BCUT2D eigenvalue weighted by molar-refractivity contribution is 0.0653. The van der Waals surface area contributed by atoms with Crippen LogP contribution in [-0.4, -0.2) is 44.3 Å². The van der Waals surface area contributed by atoms with Crippen LogP contribution in [0.15, 0.2) is 69.9 Å². The Bertz CT molecular complexity index is 1710. The third kappa shape index (κ3) is 5.46. The fourth-order valence-corrected chi connectivity index (χ4v) is 5.34. The molecule has 41 heavy (non-hydrogen) atoms. The van der Waals surface area contributed by atoms with E-state index in [1.807, 2.05) is 50.2 Å². The lowest BCUT2D eigenvalue weighted by Gasteiger charge is -2.34. The number of nitrogens with zero attached hydrogens (tertiary/aromatic N) is 4. The maximum Gasteiger partial charge on any atom is 0.261 e. The van der Waals surface area contributed by atoms with Gasteiger partial charge in [0.2, 0.25) is 0 Å². The number of rotatable bonds is 5. The van der Waals surface area contributed by atoms with Gasteiger partial charge >= 0.3 is 0 Å². The number of hydrogen-bond donors (Lipinski definition) is 1. The topological polar surface area (TPSA) is 97.2 Å². The van der Waals surface area contributed by atoms with Crippen LogP contribution in [0.3, 0.4) is 0 Å². The minimum atomic E-state index is -0.210. The molecule has 5 rings (SSSR count). The molecule has 0 bridgehead atoms. The zero-order valence-corrected chi connectivity index (χ0v) is 25.3. The fourth-order valence-electron chi connectivity index (χ4n) is 5.09. The molecule has 1 aliphatic heterocycles. The molecule has 2 amide bonds. The molecule has 3 heterocycles. The highest BCUT2D eigenvalue weighted by Crippen LogP contribution is 2.28. The Morgan fingerprint density at radius 1 is 1.02 bits per heavy atom. The molecule has 0 fully saturated rings. The van der Waals surface area contributed by atoms with Crippen LogP contribution < -0.4 is 10.9 Å². The summed E-state index contributed by atoms with van der Waals surface area (Å²) in [5, 5.41) is 2.62. The Morgan fingerprint density at radius 2 is 1.73 bits per heavy atom. The van der Waals surface area contributed by atoms with Crippen molar-refractivity contribution in [1.82, 2.24) is 24.8 Å². The molecule has 0 spiro atoms. The van der Waals surface area contributed by atoms with Crippen LogP contribution >= 0.6 is 15.9 Å². The quantitative estimate of drug-likeness (QED) is 0.323. The van der Waals surface area contributed by atoms with Crippen molar-refractivity contribution in [3.8, 4) is 17.2 Å². The minimum absolute atomic E-state index is 0.101. The molecule has 0 aliphatic carbocycles. The van der Waals surface area contributed by atoms with E-state index < -0.39 is 0 Å². The number of benzene rings is 2. The van der Waals surface area contributed by atoms with Crippen LogP contribution in [0, 0.1) is 6.92 Å². The number of aromatic nitrogens is 3. The summed E-state index contributed by atoms with van der Waals surface area (Å²) in [6.45, 7) is 8.24. The third-order valence-corrected chi connectivity index (χ3v) is 8.38. The summed E-state index contributed by atoms with van der Waals surface area (Å²) < 4.78 is 2.51. The van der Waals surface area contributed by atoms with Crippen LogP contribution in [0.2, 0.25) is 0 Å². The van der Waals surface area contributed by atoms with Crippen molar-refractivity contribution < 1.29 is 9.59 Å². The minimum Gasteiger partial charge on any atom is -0.355 e. The van der Waals surface area contributed by atoms with Crippen molar-refractivity contribution in [2.45, 2.75) is 52.6 Å². The second-order valence-electron chi connectivity index (χ2n) is 10.7. The number of amides is 2. The number of aryl methyl sites for hydroxylation is 1. The lowest BCUT2D eigenvalue weighted by Crippen LogP contribution is -2.46. The molecule has 0 unspecified atom stereocenters. The highest BCUT2D eigenvalue weighted by molar-refractivity contribution is 9.10. The van der Waals surface area contributed by atoms with Gasteiger partial charge in [-0.3, -0.25) is 19.0 Å². The first-order valence-electron chi connectivity index (χ1n) is 13.6. The highest BCUT2D eigenvalue weighted by atomic mass is 79.9. The van der Waals surface area contributed by atoms with Crippen LogP contribution in [0.5, 0.6) is 0 Å². The second kappa shape index (κ2) is 11.4. The molecular formula is C32H32BrN5O3. The Morgan fingerprint density at radius 3 is 2.39 bits per heavy atom. The zero-order valence-electron chi connectivity index (χ0n) is 23.7. The Balaban J connectivity index is 1.65. The molecule has 2 aromatic carbocycles. The molecule has 9 heteroatoms. The first-order chi connectivity index (χ1) is 19.6. The Labute approximate surface area is 247 Å². The van der Waals surface area contributed by atoms with Crippen molar-refractivity contribution in [1.29, 1.82) is 0 Å². The smallest absolute Gasteiger partial charge is 0.261 e. The standard InChI is InChI=1S/C32H32BrN5O3/c1-18(2)26-7-6-8-27(35-26)29-36-28-17-37(31(40)22-11-14-25(33)19(3)15-22)20(4)16-24(28)32(41)38(29)23-12-9-21(10-13-23)30(39)34-5/h6-15,18,20H,16-17H2,1-5H3,(H,34,39)/t20-/m0/s1. The van der Waals surface area contributed by atoms with Gasteiger partial charge in [0.25, 0.3) is 17.4 Å². The van der Waals surface area contributed by atoms with Crippen LogP contribution in [0.1, 0.15) is 69.9 Å². The first-order valence-corrected chi connectivity index (χ1v) is 14.4. The van der Waals surface area contributed by atoms with Gasteiger partial charge in [-0.2, -0.15) is 0 Å². The predicted octanol–water partition coefficient (Wildman–Crippen LogP) is 5.44. The van der Waals surface area contributed by atoms with Crippen LogP contribution in [0.4, 0.5) is 0 Å². The summed E-state index contributed by atoms with van der Waals surface area (Å²) in [4.78, 5) is 51.5. The van der Waals surface area contributed by atoms with E-state index in [4.69, 9.17) is 9.97 Å². The number of fused-ring (bicyclic) bond motifs is 1. The number of nitrogens with one attached hydrogen (secondary N) is 1. The van der Waals surface area contributed by atoms with Crippen molar-refractivity contribution in [3.05, 3.63) is 109 Å². The number of carbonyl (C=O) groups is 2. The van der Waals surface area contributed by atoms with Gasteiger partial charge < -0.3 is 10.2 Å². The fraction of sp³-hybridized carbons (Fsp3) is 0.281. The van der Waals surface area contributed by atoms with E-state index in [0.717, 1.165) is 15.7 Å².